The zero-order valence-electron chi connectivity index (χ0n) is 30.9. The molecule has 2 spiro atoms. The second kappa shape index (κ2) is 11.2. The summed E-state index contributed by atoms with van der Waals surface area (Å²) in [5.41, 5.74) is -1.81. The highest BCUT2D eigenvalue weighted by Crippen LogP contribution is 2.78. The van der Waals surface area contributed by atoms with Crippen LogP contribution in [0.5, 0.6) is 0 Å². The number of aliphatic hydroxyl groups is 2. The molecule has 9 aliphatic rings. The van der Waals surface area contributed by atoms with E-state index in [-0.39, 0.29) is 46.3 Å². The summed E-state index contributed by atoms with van der Waals surface area (Å²) in [5.74, 6) is 1.77. The zero-order chi connectivity index (χ0) is 36.0. The normalized spacial score (nSPS) is 44.7. The van der Waals surface area contributed by atoms with Crippen molar-refractivity contribution in [2.45, 2.75) is 115 Å². The molecule has 11 atom stereocenters. The van der Waals surface area contributed by atoms with Crippen LogP contribution < -0.4 is 0 Å². The first kappa shape index (κ1) is 35.1. The Morgan fingerprint density at radius 2 is 1.71 bits per heavy atom. The smallest absolute Gasteiger partial charge is 0.252 e. The van der Waals surface area contributed by atoms with Gasteiger partial charge in [-0.3, -0.25) is 4.79 Å². The Balaban J connectivity index is 1.12. The summed E-state index contributed by atoms with van der Waals surface area (Å²) in [7, 11) is -3.83. The van der Waals surface area contributed by atoms with Gasteiger partial charge in [-0.05, 0) is 135 Å². The molecule has 9 heteroatoms. The first-order valence-electron chi connectivity index (χ1n) is 19.5. The molecule has 0 aliphatic heterocycles. The van der Waals surface area contributed by atoms with Crippen molar-refractivity contribution in [1.82, 2.24) is 4.31 Å². The molecular formula is C42H55NO5S3. The molecule has 6 fully saturated rings. The van der Waals surface area contributed by atoms with Gasteiger partial charge in [-0.15, -0.1) is 22.7 Å². The van der Waals surface area contributed by atoms with Gasteiger partial charge in [0, 0.05) is 39.8 Å². The maximum Gasteiger partial charge on any atom is 0.252 e. The number of fused-ring (bicyclic) bond motifs is 3. The molecule has 0 radical (unpaired) electrons. The van der Waals surface area contributed by atoms with Gasteiger partial charge in [-0.25, -0.2) is 8.42 Å². The molecule has 51 heavy (non-hydrogen) atoms. The highest BCUT2D eigenvalue weighted by atomic mass is 32.2. The van der Waals surface area contributed by atoms with E-state index in [0.717, 1.165) is 66.2 Å². The minimum absolute atomic E-state index is 0.0180. The molecule has 6 saturated carbocycles. The van der Waals surface area contributed by atoms with Gasteiger partial charge in [0.1, 0.15) is 4.21 Å². The lowest BCUT2D eigenvalue weighted by Crippen LogP contribution is -2.67. The Morgan fingerprint density at radius 3 is 2.39 bits per heavy atom. The number of Topliss-reactive ketones (excluding diaryl/α,β-unsaturated/α-hetero) is 1. The van der Waals surface area contributed by atoms with E-state index in [1.807, 2.05) is 24.4 Å². The summed E-state index contributed by atoms with van der Waals surface area (Å²) in [6, 6.07) is 7.50. The van der Waals surface area contributed by atoms with Gasteiger partial charge in [0.25, 0.3) is 10.0 Å². The summed E-state index contributed by atoms with van der Waals surface area (Å²) < 4.78 is 31.2. The topological polar surface area (TPSA) is 94.9 Å². The maximum absolute atomic E-state index is 14.8. The van der Waals surface area contributed by atoms with Gasteiger partial charge >= 0.3 is 0 Å². The van der Waals surface area contributed by atoms with Crippen molar-refractivity contribution in [2.75, 3.05) is 13.1 Å². The van der Waals surface area contributed by atoms with Crippen LogP contribution in [-0.4, -0.2) is 53.5 Å². The molecule has 2 heterocycles. The number of carbonyl (C=O) groups excluding carboxylic acids is 1. The Morgan fingerprint density at radius 1 is 0.961 bits per heavy atom. The predicted octanol–water partition coefficient (Wildman–Crippen LogP) is 8.66. The number of thiophene rings is 2. The molecule has 2 aromatic rings. The van der Waals surface area contributed by atoms with Crippen molar-refractivity contribution in [3.8, 4) is 0 Å². The van der Waals surface area contributed by atoms with Crippen molar-refractivity contribution < 1.29 is 23.4 Å². The molecule has 0 aromatic carbocycles. The Hall–Kier alpha value is -1.62. The van der Waals surface area contributed by atoms with E-state index in [2.05, 4.69) is 45.9 Å². The summed E-state index contributed by atoms with van der Waals surface area (Å²) in [6.45, 7) is 11.9. The monoisotopic (exact) mass is 749 g/mol. The van der Waals surface area contributed by atoms with Gasteiger partial charge in [0.05, 0.1) is 16.6 Å². The molecule has 9 aliphatic carbocycles. The number of rotatable bonds is 8. The van der Waals surface area contributed by atoms with Crippen LogP contribution in [0.1, 0.15) is 106 Å². The molecule has 2 N–H and O–H groups in total. The quantitative estimate of drug-likeness (QED) is 0.208. The molecule has 2 aromatic heterocycles. The largest absolute Gasteiger partial charge is 0.393 e. The van der Waals surface area contributed by atoms with Crippen LogP contribution in [-0.2, 0) is 10.0 Å². The fourth-order valence-electron chi connectivity index (χ4n) is 13.8. The van der Waals surface area contributed by atoms with Gasteiger partial charge in [-0.1, -0.05) is 52.0 Å². The number of ketones is 1. The van der Waals surface area contributed by atoms with Gasteiger partial charge < -0.3 is 10.2 Å². The van der Waals surface area contributed by atoms with Crippen molar-refractivity contribution >= 4 is 38.5 Å². The SMILES string of the molecule is Cc1ccc(C(=O)C2=CC34C=CC25C(CCC2(C)C5CCC2(O)CN(CC2CCC5CC2C5(C)C)S(=O)(=O)c2cccs2)C3(C)CCC(O)C4)s1. The van der Waals surface area contributed by atoms with Crippen molar-refractivity contribution in [3.05, 3.63) is 63.2 Å². The number of carbonyl (C=O) groups is 1. The lowest BCUT2D eigenvalue weighted by atomic mass is 9.32. The molecular weight excluding hydrogens is 695 g/mol. The summed E-state index contributed by atoms with van der Waals surface area (Å²) in [5, 5.41) is 26.1. The number of sulfonamides is 1. The van der Waals surface area contributed by atoms with Crippen LogP contribution in [0, 0.1) is 63.6 Å². The predicted molar refractivity (Wildman–Crippen MR) is 203 cm³/mol. The van der Waals surface area contributed by atoms with Crippen LogP contribution in [0.15, 0.2) is 57.7 Å². The van der Waals surface area contributed by atoms with Crippen LogP contribution in [0.4, 0.5) is 0 Å². The molecule has 11 unspecified atom stereocenters. The fourth-order valence-corrected chi connectivity index (χ4v) is 17.3. The third-order valence-corrected chi connectivity index (χ3v) is 21.1. The number of aliphatic hydroxyl groups excluding tert-OH is 1. The van der Waals surface area contributed by atoms with Crippen molar-refractivity contribution in [1.29, 1.82) is 0 Å². The molecule has 276 valence electrons. The van der Waals surface area contributed by atoms with E-state index in [1.54, 1.807) is 27.8 Å². The minimum atomic E-state index is -3.83. The third-order valence-electron chi connectivity index (χ3n) is 16.9. The molecule has 6 nitrogen and oxygen atoms in total. The standard InChI is InChI=1S/C42H55NO5S3/c1-26-8-11-32(50-26)36(45)31-23-40-18-19-42(31)33(38(40,4)15-12-29(44)22-40)13-16-39(5)34(42)14-17-41(39,46)25-43(51(47,48)35-7-6-20-49-35)24-27-9-10-28-21-30(27)37(28,2)3/h6-8,11,18-20,23,27-30,33-34,44,46H,9-10,12-17,21-22,24-25H2,1-5H3. The van der Waals surface area contributed by atoms with E-state index in [0.29, 0.717) is 29.5 Å². The van der Waals surface area contributed by atoms with Crippen LogP contribution in [0.3, 0.4) is 0 Å². The fraction of sp³-hybridized carbons (Fsp3) is 0.690. The van der Waals surface area contributed by atoms with Gasteiger partial charge in [0.2, 0.25) is 0 Å². The van der Waals surface area contributed by atoms with Gasteiger partial charge in [-0.2, -0.15) is 4.31 Å². The lowest BCUT2D eigenvalue weighted by Gasteiger charge is -2.71. The van der Waals surface area contributed by atoms with Crippen molar-refractivity contribution in [3.63, 3.8) is 0 Å². The Bertz CT molecular complexity index is 1930. The average Bonchev–Trinajstić information content (AvgIpc) is 3.85. The van der Waals surface area contributed by atoms with Crippen LogP contribution in [0.25, 0.3) is 0 Å². The third kappa shape index (κ3) is 4.54. The van der Waals surface area contributed by atoms with Crippen LogP contribution in [0.2, 0.25) is 0 Å². The molecule has 0 amide bonds. The minimum Gasteiger partial charge on any atom is -0.393 e. The highest BCUT2D eigenvalue weighted by molar-refractivity contribution is 7.91. The summed E-state index contributed by atoms with van der Waals surface area (Å²) in [6.07, 6.45) is 15.1. The first-order chi connectivity index (χ1) is 24.0. The second-order valence-electron chi connectivity index (χ2n) is 19.0. The van der Waals surface area contributed by atoms with E-state index < -0.39 is 32.6 Å². The number of aryl methyl sites for hydroxylation is 1. The highest BCUT2D eigenvalue weighted by Gasteiger charge is 2.75. The van der Waals surface area contributed by atoms with E-state index >= 15 is 0 Å². The number of hydrogen-bond acceptors (Lipinski definition) is 7. The molecule has 0 saturated heterocycles. The van der Waals surface area contributed by atoms with Crippen molar-refractivity contribution in [2.24, 2.45) is 56.7 Å². The lowest BCUT2D eigenvalue weighted by molar-refractivity contribution is -0.174. The van der Waals surface area contributed by atoms with E-state index in [4.69, 9.17) is 0 Å². The number of allylic oxidation sites excluding steroid dienone is 4. The maximum atomic E-state index is 14.8. The van der Waals surface area contributed by atoms with Gasteiger partial charge in [0.15, 0.2) is 5.78 Å². The Kier molecular flexibility index (Phi) is 7.72. The summed E-state index contributed by atoms with van der Waals surface area (Å²) in [4.78, 5) is 16.7. The molecule has 4 bridgehead atoms. The summed E-state index contributed by atoms with van der Waals surface area (Å²) >= 11 is 2.81. The number of hydrogen-bond donors (Lipinski definition) is 2. The van der Waals surface area contributed by atoms with E-state index in [1.165, 1.54) is 17.8 Å². The number of nitrogens with zero attached hydrogens (tertiary/aromatic N) is 1. The molecule has 11 rings (SSSR count). The second-order valence-corrected chi connectivity index (χ2v) is 23.4. The van der Waals surface area contributed by atoms with Crippen LogP contribution >= 0.6 is 22.7 Å². The van der Waals surface area contributed by atoms with E-state index in [9.17, 15) is 23.4 Å². The average molecular weight is 750 g/mol. The zero-order valence-corrected chi connectivity index (χ0v) is 33.3. The first-order valence-corrected chi connectivity index (χ1v) is 22.6. The Labute approximate surface area is 312 Å².